The van der Waals surface area contributed by atoms with E-state index in [0.29, 0.717) is 5.92 Å². The molecule has 2 aliphatic rings. The first-order chi connectivity index (χ1) is 8.21. The molecule has 0 amide bonds. The first kappa shape index (κ1) is 11.1. The van der Waals surface area contributed by atoms with Crippen LogP contribution in [-0.2, 0) is 0 Å². The minimum atomic E-state index is 0.00597. The lowest BCUT2D eigenvalue weighted by Crippen LogP contribution is -2.49. The number of nitrogens with two attached hydrogens (primary N) is 1. The minimum Gasteiger partial charge on any atom is -0.487 e. The highest BCUT2D eigenvalue weighted by Crippen LogP contribution is 2.47. The Morgan fingerprint density at radius 3 is 2.94 bits per heavy atom. The largest absolute Gasteiger partial charge is 0.487 e. The van der Waals surface area contributed by atoms with Crippen LogP contribution in [0.15, 0.2) is 24.3 Å². The Balaban J connectivity index is 1.97. The summed E-state index contributed by atoms with van der Waals surface area (Å²) in [7, 11) is 0. The predicted octanol–water partition coefficient (Wildman–Crippen LogP) is 3.42. The Morgan fingerprint density at radius 2 is 2.12 bits per heavy atom. The summed E-state index contributed by atoms with van der Waals surface area (Å²) in [6.07, 6.45) is 6.03. The van der Waals surface area contributed by atoms with Gasteiger partial charge in [0.25, 0.3) is 0 Å². The molecule has 17 heavy (non-hydrogen) atoms. The lowest BCUT2D eigenvalue weighted by molar-refractivity contribution is -0.0407. The molecular formula is C15H21NO. The highest BCUT2D eigenvalue weighted by molar-refractivity contribution is 5.38. The highest BCUT2D eigenvalue weighted by Gasteiger charge is 2.45. The summed E-state index contributed by atoms with van der Waals surface area (Å²) in [5, 5.41) is 0. The summed E-state index contributed by atoms with van der Waals surface area (Å²) < 4.78 is 6.36. The number of hydrogen-bond acceptors (Lipinski definition) is 2. The van der Waals surface area contributed by atoms with Gasteiger partial charge in [-0.25, -0.2) is 0 Å². The van der Waals surface area contributed by atoms with Gasteiger partial charge < -0.3 is 10.5 Å². The van der Waals surface area contributed by atoms with Gasteiger partial charge in [0.15, 0.2) is 0 Å². The fraction of sp³-hybridized carbons (Fsp3) is 0.600. The van der Waals surface area contributed by atoms with Gasteiger partial charge in [0.2, 0.25) is 0 Å². The van der Waals surface area contributed by atoms with Crippen molar-refractivity contribution in [2.75, 3.05) is 0 Å². The normalized spacial score (nSPS) is 36.4. The van der Waals surface area contributed by atoms with Gasteiger partial charge in [0.05, 0.1) is 0 Å². The van der Waals surface area contributed by atoms with Crippen LogP contribution in [0.3, 0.4) is 0 Å². The third-order valence-corrected chi connectivity index (χ3v) is 4.58. The monoisotopic (exact) mass is 231 g/mol. The van der Waals surface area contributed by atoms with Crippen molar-refractivity contribution in [2.24, 2.45) is 11.7 Å². The zero-order chi connectivity index (χ0) is 11.9. The lowest BCUT2D eigenvalue weighted by Gasteiger charge is -2.47. The zero-order valence-corrected chi connectivity index (χ0v) is 10.5. The summed E-state index contributed by atoms with van der Waals surface area (Å²) in [4.78, 5) is 0. The Bertz CT molecular complexity index is 417. The van der Waals surface area contributed by atoms with Gasteiger partial charge in [-0.15, -0.1) is 0 Å². The van der Waals surface area contributed by atoms with Crippen LogP contribution in [0.2, 0.25) is 0 Å². The first-order valence-electron chi connectivity index (χ1n) is 6.75. The molecule has 0 aromatic heterocycles. The van der Waals surface area contributed by atoms with E-state index in [1.807, 2.05) is 12.1 Å². The fourth-order valence-corrected chi connectivity index (χ4v) is 3.46. The van der Waals surface area contributed by atoms with Crippen molar-refractivity contribution in [2.45, 2.75) is 50.7 Å². The molecule has 2 heteroatoms. The molecule has 2 unspecified atom stereocenters. The number of hydrogen-bond donors (Lipinski definition) is 1. The van der Waals surface area contributed by atoms with Crippen molar-refractivity contribution in [3.63, 3.8) is 0 Å². The van der Waals surface area contributed by atoms with Gasteiger partial charge in [-0.3, -0.25) is 0 Å². The van der Waals surface area contributed by atoms with Gasteiger partial charge >= 0.3 is 0 Å². The summed E-state index contributed by atoms with van der Waals surface area (Å²) >= 11 is 0. The predicted molar refractivity (Wildman–Crippen MR) is 69.0 cm³/mol. The van der Waals surface area contributed by atoms with E-state index in [2.05, 4.69) is 19.1 Å². The number of benzene rings is 1. The van der Waals surface area contributed by atoms with Gasteiger partial charge in [-0.2, -0.15) is 0 Å². The van der Waals surface area contributed by atoms with E-state index in [-0.39, 0.29) is 11.6 Å². The third kappa shape index (κ3) is 1.75. The molecule has 2 N–H and O–H groups in total. The molecule has 0 bridgehead atoms. The average Bonchev–Trinajstić information content (AvgIpc) is 2.33. The van der Waals surface area contributed by atoms with Crippen LogP contribution < -0.4 is 10.5 Å². The van der Waals surface area contributed by atoms with Gasteiger partial charge in [0.1, 0.15) is 11.4 Å². The summed E-state index contributed by atoms with van der Waals surface area (Å²) in [5.74, 6) is 1.63. The molecule has 1 aliphatic carbocycles. The van der Waals surface area contributed by atoms with E-state index in [1.165, 1.54) is 24.8 Å². The van der Waals surface area contributed by atoms with Crippen molar-refractivity contribution >= 4 is 0 Å². The molecule has 1 saturated carbocycles. The van der Waals surface area contributed by atoms with Crippen LogP contribution in [0.25, 0.3) is 0 Å². The zero-order valence-electron chi connectivity index (χ0n) is 10.5. The van der Waals surface area contributed by atoms with Crippen molar-refractivity contribution in [3.05, 3.63) is 29.8 Å². The molecule has 3 atom stereocenters. The average molecular weight is 231 g/mol. The second-order valence-electron chi connectivity index (χ2n) is 5.66. The van der Waals surface area contributed by atoms with Crippen LogP contribution in [0.1, 0.15) is 50.6 Å². The first-order valence-corrected chi connectivity index (χ1v) is 6.75. The van der Waals surface area contributed by atoms with Crippen LogP contribution in [0.5, 0.6) is 5.75 Å². The maximum atomic E-state index is 6.36. The molecule has 0 radical (unpaired) electrons. The molecule has 0 saturated heterocycles. The lowest BCUT2D eigenvalue weighted by atomic mass is 9.71. The molecule has 1 spiro atoms. The molecule has 1 aromatic rings. The van der Waals surface area contributed by atoms with Gasteiger partial charge in [0, 0.05) is 18.0 Å². The van der Waals surface area contributed by atoms with Gasteiger partial charge in [-0.05, 0) is 31.2 Å². The molecule has 2 nitrogen and oxygen atoms in total. The van der Waals surface area contributed by atoms with Crippen molar-refractivity contribution in [1.29, 1.82) is 0 Å². The van der Waals surface area contributed by atoms with Crippen molar-refractivity contribution < 1.29 is 4.74 Å². The molecule has 92 valence electrons. The number of para-hydroxylation sites is 1. The van der Waals surface area contributed by atoms with E-state index in [9.17, 15) is 0 Å². The van der Waals surface area contributed by atoms with Crippen molar-refractivity contribution in [1.82, 2.24) is 0 Å². The maximum Gasteiger partial charge on any atom is 0.124 e. The van der Waals surface area contributed by atoms with Crippen LogP contribution >= 0.6 is 0 Å². The smallest absolute Gasteiger partial charge is 0.124 e. The van der Waals surface area contributed by atoms with Crippen LogP contribution in [0, 0.1) is 5.92 Å². The quantitative estimate of drug-likeness (QED) is 0.742. The Hall–Kier alpha value is -1.02. The summed E-state index contributed by atoms with van der Waals surface area (Å²) in [5.41, 5.74) is 7.52. The molecule has 3 rings (SSSR count). The van der Waals surface area contributed by atoms with E-state index in [1.54, 1.807) is 0 Å². The van der Waals surface area contributed by atoms with E-state index < -0.39 is 0 Å². The van der Waals surface area contributed by atoms with E-state index in [0.717, 1.165) is 18.6 Å². The number of rotatable bonds is 0. The van der Waals surface area contributed by atoms with E-state index in [4.69, 9.17) is 10.5 Å². The topological polar surface area (TPSA) is 35.2 Å². The van der Waals surface area contributed by atoms with E-state index >= 15 is 0 Å². The van der Waals surface area contributed by atoms with Crippen LogP contribution in [-0.4, -0.2) is 5.60 Å². The second-order valence-corrected chi connectivity index (χ2v) is 5.66. The second kappa shape index (κ2) is 4.02. The minimum absolute atomic E-state index is 0.00597. The molecule has 1 aromatic carbocycles. The fourth-order valence-electron chi connectivity index (χ4n) is 3.46. The number of fused-ring (bicyclic) bond motifs is 1. The summed E-state index contributed by atoms with van der Waals surface area (Å²) in [6.45, 7) is 2.32. The summed E-state index contributed by atoms with van der Waals surface area (Å²) in [6, 6.07) is 8.39. The Kier molecular flexibility index (Phi) is 2.62. The Morgan fingerprint density at radius 1 is 1.29 bits per heavy atom. The van der Waals surface area contributed by atoms with Crippen molar-refractivity contribution in [3.8, 4) is 5.75 Å². The number of ether oxygens (including phenoxy) is 1. The van der Waals surface area contributed by atoms with Crippen LogP contribution in [0.4, 0.5) is 0 Å². The standard InChI is InChI=1S/C15H21NO/c1-11-6-4-5-9-15(11)10-13(16)12-7-2-3-8-14(12)17-15/h2-3,7-8,11,13H,4-6,9-10,16H2,1H3/t11?,13-,15?/m1/s1. The molecule has 1 aliphatic heterocycles. The third-order valence-electron chi connectivity index (χ3n) is 4.58. The molecular weight excluding hydrogens is 210 g/mol. The molecule has 1 heterocycles. The Labute approximate surface area is 103 Å². The highest BCUT2D eigenvalue weighted by atomic mass is 16.5. The molecule has 1 fully saturated rings. The maximum absolute atomic E-state index is 6.36. The van der Waals surface area contributed by atoms with Gasteiger partial charge in [-0.1, -0.05) is 31.5 Å². The SMILES string of the molecule is CC1CCCCC12C[C@@H](N)c1ccccc1O2.